The fourth-order valence-corrected chi connectivity index (χ4v) is 5.68. The molecule has 2 aliphatic heterocycles. The Morgan fingerprint density at radius 3 is 2.41 bits per heavy atom. The van der Waals surface area contributed by atoms with Crippen LogP contribution in [0.5, 0.6) is 5.75 Å². The number of halogens is 4. The number of rotatable bonds is 6. The van der Waals surface area contributed by atoms with E-state index in [-0.39, 0.29) is 29.5 Å². The number of hydrogen-bond donors (Lipinski definition) is 0. The highest BCUT2D eigenvalue weighted by atomic mass is 19.4. The van der Waals surface area contributed by atoms with Gasteiger partial charge in [0.05, 0.1) is 37.9 Å². The van der Waals surface area contributed by atoms with E-state index < -0.39 is 29.6 Å². The van der Waals surface area contributed by atoms with E-state index in [1.54, 1.807) is 11.0 Å². The van der Waals surface area contributed by atoms with Crippen molar-refractivity contribution in [2.24, 2.45) is 10.9 Å². The Morgan fingerprint density at radius 1 is 1.02 bits per heavy atom. The van der Waals surface area contributed by atoms with Crippen LogP contribution in [0.25, 0.3) is 0 Å². The first-order valence-electron chi connectivity index (χ1n) is 13.4. The van der Waals surface area contributed by atoms with Crippen molar-refractivity contribution in [1.82, 2.24) is 0 Å². The maximum atomic E-state index is 15.2. The van der Waals surface area contributed by atoms with Gasteiger partial charge in [-0.15, -0.1) is 0 Å². The first kappa shape index (κ1) is 28.4. The molecule has 216 valence electrons. The second-order valence-corrected chi connectivity index (χ2v) is 10.3. The summed E-state index contributed by atoms with van der Waals surface area (Å²) in [5.74, 6) is -0.793. The summed E-state index contributed by atoms with van der Waals surface area (Å²) >= 11 is 0. The third kappa shape index (κ3) is 5.73. The molecule has 0 aromatic heterocycles. The number of alkyl halides is 3. The minimum Gasteiger partial charge on any atom is -0.495 e. The first-order valence-corrected chi connectivity index (χ1v) is 13.4. The van der Waals surface area contributed by atoms with Gasteiger partial charge in [-0.3, -0.25) is 4.79 Å². The Kier molecular flexibility index (Phi) is 7.93. The lowest BCUT2D eigenvalue weighted by Crippen LogP contribution is -2.46. The molecule has 1 saturated heterocycles. The molecule has 1 unspecified atom stereocenters. The van der Waals surface area contributed by atoms with Crippen molar-refractivity contribution >= 4 is 28.9 Å². The molecular weight excluding hydrogens is 538 g/mol. The van der Waals surface area contributed by atoms with Gasteiger partial charge in [0.2, 0.25) is 0 Å². The van der Waals surface area contributed by atoms with E-state index in [2.05, 4.69) is 11.0 Å². The topological polar surface area (TPSA) is 54.4 Å². The maximum Gasteiger partial charge on any atom is 0.416 e. The summed E-state index contributed by atoms with van der Waals surface area (Å²) in [6.07, 6.45) is -3.60. The van der Waals surface area contributed by atoms with Gasteiger partial charge in [0, 0.05) is 30.3 Å². The Bertz CT molecular complexity index is 1470. The van der Waals surface area contributed by atoms with Crippen LogP contribution in [-0.4, -0.2) is 39.1 Å². The third-order valence-electron chi connectivity index (χ3n) is 7.74. The number of carbonyl (C=O) groups is 1. The number of para-hydroxylation sites is 1. The molecule has 3 aromatic carbocycles. The predicted molar refractivity (Wildman–Crippen MR) is 149 cm³/mol. The van der Waals surface area contributed by atoms with Crippen LogP contribution >= 0.6 is 0 Å². The number of hydrogen-bond acceptors (Lipinski definition) is 6. The normalized spacial score (nSPS) is 17.6. The number of piperidine rings is 1. The molecule has 0 radical (unpaired) electrons. The van der Waals surface area contributed by atoms with Crippen LogP contribution in [0.1, 0.15) is 42.0 Å². The molecule has 2 aliphatic rings. The molecule has 1 fully saturated rings. The number of benzene rings is 3. The van der Waals surface area contributed by atoms with E-state index in [9.17, 15) is 18.0 Å². The van der Waals surface area contributed by atoms with Gasteiger partial charge in [0.15, 0.2) is 0 Å². The van der Waals surface area contributed by atoms with Crippen LogP contribution in [-0.2, 0) is 15.7 Å². The van der Waals surface area contributed by atoms with E-state index in [0.29, 0.717) is 37.3 Å². The SMILES string of the molecule is COC(=O)CC1c2cccc(F)c2N=C(C2CCN(c3cccc(C)c3)CC2)N1c1cc(C(F)(F)F)ccc1OC. The third-order valence-corrected chi connectivity index (χ3v) is 7.74. The molecule has 3 aromatic rings. The largest absolute Gasteiger partial charge is 0.495 e. The van der Waals surface area contributed by atoms with Crippen molar-refractivity contribution < 1.29 is 31.8 Å². The molecule has 0 N–H and O–H groups in total. The van der Waals surface area contributed by atoms with Crippen molar-refractivity contribution in [3.8, 4) is 5.75 Å². The summed E-state index contributed by atoms with van der Waals surface area (Å²) in [7, 11) is 2.61. The second kappa shape index (κ2) is 11.4. The summed E-state index contributed by atoms with van der Waals surface area (Å²) in [5, 5.41) is 0. The van der Waals surface area contributed by atoms with E-state index in [4.69, 9.17) is 14.5 Å². The summed E-state index contributed by atoms with van der Waals surface area (Å²) in [6.45, 7) is 3.37. The summed E-state index contributed by atoms with van der Waals surface area (Å²) in [4.78, 5) is 21.3. The number of amidine groups is 1. The zero-order chi connectivity index (χ0) is 29.3. The molecule has 0 bridgehead atoms. The van der Waals surface area contributed by atoms with Crippen molar-refractivity contribution in [2.75, 3.05) is 37.1 Å². The standard InChI is InChI=1S/C31H31F4N3O3/c1-19-6-4-7-22(16-19)37-14-12-20(13-15-37)30-36-29-23(8-5-9-24(29)32)25(18-28(39)41-3)38(30)26-17-21(31(33,34)35)10-11-27(26)40-2/h4-11,16-17,20,25H,12-15,18H2,1-3H3. The Morgan fingerprint density at radius 2 is 1.76 bits per heavy atom. The number of carbonyl (C=O) groups excluding carboxylic acids is 1. The smallest absolute Gasteiger partial charge is 0.416 e. The van der Waals surface area contributed by atoms with Gasteiger partial charge in [-0.25, -0.2) is 9.38 Å². The van der Waals surface area contributed by atoms with Crippen molar-refractivity contribution in [1.29, 1.82) is 0 Å². The second-order valence-electron chi connectivity index (χ2n) is 10.3. The predicted octanol–water partition coefficient (Wildman–Crippen LogP) is 7.23. The van der Waals surface area contributed by atoms with Gasteiger partial charge >= 0.3 is 12.1 Å². The van der Waals surface area contributed by atoms with Gasteiger partial charge in [-0.1, -0.05) is 24.3 Å². The van der Waals surface area contributed by atoms with Gasteiger partial charge in [0.1, 0.15) is 23.1 Å². The van der Waals surface area contributed by atoms with Gasteiger partial charge in [0.25, 0.3) is 0 Å². The Balaban J connectivity index is 1.63. The van der Waals surface area contributed by atoms with Crippen molar-refractivity contribution in [2.45, 2.75) is 38.4 Å². The first-order chi connectivity index (χ1) is 19.6. The summed E-state index contributed by atoms with van der Waals surface area (Å²) in [5.41, 5.74) is 1.93. The lowest BCUT2D eigenvalue weighted by Gasteiger charge is -2.43. The maximum absolute atomic E-state index is 15.2. The fraction of sp³-hybridized carbons (Fsp3) is 0.355. The number of anilines is 2. The quantitative estimate of drug-likeness (QED) is 0.232. The summed E-state index contributed by atoms with van der Waals surface area (Å²) < 4.78 is 67.3. The molecule has 0 amide bonds. The average Bonchev–Trinajstić information content (AvgIpc) is 2.96. The molecule has 0 aliphatic carbocycles. The minimum absolute atomic E-state index is 0.0831. The zero-order valence-corrected chi connectivity index (χ0v) is 23.0. The van der Waals surface area contributed by atoms with Gasteiger partial charge in [-0.2, -0.15) is 13.2 Å². The Labute approximate surface area is 236 Å². The van der Waals surface area contributed by atoms with E-state index >= 15 is 4.39 Å². The number of aryl methyl sites for hydroxylation is 1. The van der Waals surface area contributed by atoms with Crippen molar-refractivity contribution in [3.05, 3.63) is 83.2 Å². The fourth-order valence-electron chi connectivity index (χ4n) is 5.68. The van der Waals surface area contributed by atoms with Gasteiger partial charge in [-0.05, 0) is 61.7 Å². The molecule has 6 nitrogen and oxygen atoms in total. The van der Waals surface area contributed by atoms with Crippen LogP contribution in [0, 0.1) is 18.7 Å². The lowest BCUT2D eigenvalue weighted by molar-refractivity contribution is -0.141. The molecule has 1 atom stereocenters. The molecule has 0 spiro atoms. The number of methoxy groups -OCH3 is 2. The summed E-state index contributed by atoms with van der Waals surface area (Å²) in [6, 6.07) is 15.0. The Hall–Kier alpha value is -4.08. The van der Waals surface area contributed by atoms with E-state index in [1.807, 2.05) is 25.1 Å². The van der Waals surface area contributed by atoms with Crippen LogP contribution in [0.4, 0.5) is 34.6 Å². The number of fused-ring (bicyclic) bond motifs is 1. The van der Waals surface area contributed by atoms with Crippen LogP contribution < -0.4 is 14.5 Å². The van der Waals surface area contributed by atoms with Crippen LogP contribution in [0.15, 0.2) is 65.7 Å². The lowest BCUT2D eigenvalue weighted by atomic mass is 9.89. The number of esters is 1. The number of nitrogens with zero attached hydrogens (tertiary/aromatic N) is 3. The highest BCUT2D eigenvalue weighted by molar-refractivity contribution is 6.05. The molecule has 5 rings (SSSR count). The molecular formula is C31H31F4N3O3. The van der Waals surface area contributed by atoms with Crippen LogP contribution in [0.3, 0.4) is 0 Å². The molecule has 2 heterocycles. The highest BCUT2D eigenvalue weighted by Gasteiger charge is 2.41. The monoisotopic (exact) mass is 569 g/mol. The molecule has 41 heavy (non-hydrogen) atoms. The van der Waals surface area contributed by atoms with Crippen molar-refractivity contribution in [3.63, 3.8) is 0 Å². The molecule has 10 heteroatoms. The highest BCUT2D eigenvalue weighted by Crippen LogP contribution is 2.47. The molecule has 0 saturated carbocycles. The van der Waals surface area contributed by atoms with Crippen LogP contribution in [0.2, 0.25) is 0 Å². The van der Waals surface area contributed by atoms with E-state index in [0.717, 1.165) is 23.4 Å². The number of ether oxygens (including phenoxy) is 2. The number of aliphatic imine (C=N–C) groups is 1. The average molecular weight is 570 g/mol. The zero-order valence-electron chi connectivity index (χ0n) is 23.0. The van der Waals surface area contributed by atoms with Gasteiger partial charge < -0.3 is 19.3 Å². The van der Waals surface area contributed by atoms with E-state index in [1.165, 1.54) is 32.4 Å². The minimum atomic E-state index is -4.62.